The first-order valence-corrected chi connectivity index (χ1v) is 8.92. The van der Waals surface area contributed by atoms with Crippen molar-refractivity contribution in [3.05, 3.63) is 53.5 Å². The summed E-state index contributed by atoms with van der Waals surface area (Å²) >= 11 is 1.66. The zero-order chi connectivity index (χ0) is 15.9. The molecule has 24 heavy (non-hydrogen) atoms. The van der Waals surface area contributed by atoms with Crippen LogP contribution >= 0.6 is 11.3 Å². The van der Waals surface area contributed by atoms with Crippen molar-refractivity contribution in [2.45, 2.75) is 18.9 Å². The van der Waals surface area contributed by atoms with E-state index in [0.717, 1.165) is 34.1 Å². The second-order valence-electron chi connectivity index (χ2n) is 5.95. The van der Waals surface area contributed by atoms with Crippen molar-refractivity contribution >= 4 is 28.3 Å². The monoisotopic (exact) mass is 333 g/mol. The molecule has 0 bridgehead atoms. The van der Waals surface area contributed by atoms with E-state index in [2.05, 4.69) is 27.1 Å². The molecule has 0 radical (unpaired) electrons. The van der Waals surface area contributed by atoms with Crippen molar-refractivity contribution in [2.24, 2.45) is 0 Å². The van der Waals surface area contributed by atoms with Crippen molar-refractivity contribution in [1.82, 2.24) is 19.5 Å². The highest BCUT2D eigenvalue weighted by atomic mass is 32.1. The Kier molecular flexibility index (Phi) is 3.09. The molecule has 0 unspecified atom stereocenters. The Hall–Kier alpha value is -2.73. The van der Waals surface area contributed by atoms with Gasteiger partial charge in [-0.25, -0.2) is 15.0 Å². The quantitative estimate of drug-likeness (QED) is 0.610. The van der Waals surface area contributed by atoms with Gasteiger partial charge in [-0.15, -0.1) is 0 Å². The van der Waals surface area contributed by atoms with Gasteiger partial charge in [0.25, 0.3) is 0 Å². The van der Waals surface area contributed by atoms with Gasteiger partial charge in [0.15, 0.2) is 22.8 Å². The van der Waals surface area contributed by atoms with E-state index in [1.165, 1.54) is 12.8 Å². The number of fused-ring (bicyclic) bond motifs is 1. The number of nitrogens with one attached hydrogen (secondary N) is 1. The Bertz CT molecular complexity index is 987. The van der Waals surface area contributed by atoms with Crippen molar-refractivity contribution < 1.29 is 0 Å². The average Bonchev–Trinajstić information content (AvgIpc) is 3.11. The van der Waals surface area contributed by atoms with Crippen LogP contribution in [0.1, 0.15) is 12.8 Å². The Balaban J connectivity index is 1.73. The molecule has 0 spiro atoms. The van der Waals surface area contributed by atoms with E-state index >= 15 is 0 Å². The molecule has 1 fully saturated rings. The molecule has 0 saturated heterocycles. The third-order valence-electron chi connectivity index (χ3n) is 4.13. The standard InChI is InChI=1S/C18H15N5S/c1-2-4-12(5-3-1)16-21-17(20-13-6-7-13)15-18(22-16)23(11-19-15)14-8-9-24-10-14/h1-5,8-11,13H,6-7H2,(H,20,21,22). The van der Waals surface area contributed by atoms with E-state index in [0.29, 0.717) is 6.04 Å². The number of thiophene rings is 1. The number of benzene rings is 1. The Morgan fingerprint density at radius 3 is 2.71 bits per heavy atom. The average molecular weight is 333 g/mol. The van der Waals surface area contributed by atoms with Gasteiger partial charge >= 0.3 is 0 Å². The molecule has 1 aliphatic rings. The predicted octanol–water partition coefficient (Wildman–Crippen LogP) is 4.12. The fourth-order valence-corrected chi connectivity index (χ4v) is 3.35. The first kappa shape index (κ1) is 13.7. The van der Waals surface area contributed by atoms with Gasteiger partial charge in [0.1, 0.15) is 6.33 Å². The molecule has 3 aromatic heterocycles. The first-order valence-electron chi connectivity index (χ1n) is 7.98. The smallest absolute Gasteiger partial charge is 0.170 e. The molecule has 1 N–H and O–H groups in total. The van der Waals surface area contributed by atoms with E-state index in [-0.39, 0.29) is 0 Å². The topological polar surface area (TPSA) is 55.6 Å². The second-order valence-corrected chi connectivity index (χ2v) is 6.73. The summed E-state index contributed by atoms with van der Waals surface area (Å²) < 4.78 is 2.03. The summed E-state index contributed by atoms with van der Waals surface area (Å²) in [5.41, 5.74) is 3.76. The summed E-state index contributed by atoms with van der Waals surface area (Å²) in [6.45, 7) is 0. The van der Waals surface area contributed by atoms with Crippen LogP contribution < -0.4 is 5.32 Å². The molecule has 1 aromatic carbocycles. The minimum atomic E-state index is 0.512. The van der Waals surface area contributed by atoms with Crippen LogP contribution in [0.5, 0.6) is 0 Å². The summed E-state index contributed by atoms with van der Waals surface area (Å²) in [7, 11) is 0. The van der Waals surface area contributed by atoms with Crippen LogP contribution in [0.3, 0.4) is 0 Å². The fraction of sp³-hybridized carbons (Fsp3) is 0.167. The van der Waals surface area contributed by atoms with Gasteiger partial charge in [-0.05, 0) is 24.3 Å². The lowest BCUT2D eigenvalue weighted by Crippen LogP contribution is -2.06. The van der Waals surface area contributed by atoms with Gasteiger partial charge in [0.05, 0.1) is 5.69 Å². The summed E-state index contributed by atoms with van der Waals surface area (Å²) in [6, 6.07) is 12.7. The van der Waals surface area contributed by atoms with Crippen molar-refractivity contribution in [3.63, 3.8) is 0 Å². The lowest BCUT2D eigenvalue weighted by Gasteiger charge is -2.08. The third-order valence-corrected chi connectivity index (χ3v) is 4.80. The number of rotatable bonds is 4. The number of imidazole rings is 1. The van der Waals surface area contributed by atoms with Gasteiger partial charge in [0.2, 0.25) is 0 Å². The number of hydrogen-bond donors (Lipinski definition) is 1. The van der Waals surface area contributed by atoms with Gasteiger partial charge < -0.3 is 5.32 Å². The molecule has 1 saturated carbocycles. The van der Waals surface area contributed by atoms with E-state index in [9.17, 15) is 0 Å². The zero-order valence-corrected chi connectivity index (χ0v) is 13.7. The predicted molar refractivity (Wildman–Crippen MR) is 96.6 cm³/mol. The number of aromatic nitrogens is 4. The molecular formula is C18H15N5S. The Morgan fingerprint density at radius 2 is 1.96 bits per heavy atom. The lowest BCUT2D eigenvalue weighted by atomic mass is 10.2. The van der Waals surface area contributed by atoms with E-state index in [4.69, 9.17) is 9.97 Å². The molecule has 0 aliphatic heterocycles. The molecule has 5 nitrogen and oxygen atoms in total. The van der Waals surface area contributed by atoms with E-state index in [1.807, 2.05) is 41.2 Å². The van der Waals surface area contributed by atoms with Crippen LogP contribution in [0.25, 0.3) is 28.2 Å². The van der Waals surface area contributed by atoms with Crippen LogP contribution in [0.2, 0.25) is 0 Å². The maximum absolute atomic E-state index is 4.80. The summed E-state index contributed by atoms with van der Waals surface area (Å²) in [6.07, 6.45) is 4.21. The van der Waals surface area contributed by atoms with Gasteiger partial charge in [0, 0.05) is 17.0 Å². The normalized spacial score (nSPS) is 14.2. The Labute approximate surface area is 143 Å². The molecule has 0 atom stereocenters. The second kappa shape index (κ2) is 5.42. The highest BCUT2D eigenvalue weighted by Crippen LogP contribution is 2.30. The minimum absolute atomic E-state index is 0.512. The van der Waals surface area contributed by atoms with Gasteiger partial charge in [-0.2, -0.15) is 11.3 Å². The maximum atomic E-state index is 4.80. The van der Waals surface area contributed by atoms with Crippen LogP contribution in [-0.2, 0) is 0 Å². The molecule has 118 valence electrons. The van der Waals surface area contributed by atoms with Gasteiger partial charge in [-0.3, -0.25) is 4.57 Å². The molecule has 4 aromatic rings. The fourth-order valence-electron chi connectivity index (χ4n) is 2.72. The molecule has 0 amide bonds. The SMILES string of the molecule is c1ccc(-c2nc(NC3CC3)c3ncn(-c4ccsc4)c3n2)cc1. The third kappa shape index (κ3) is 2.35. The molecule has 6 heteroatoms. The van der Waals surface area contributed by atoms with E-state index < -0.39 is 0 Å². The van der Waals surface area contributed by atoms with Crippen molar-refractivity contribution in [3.8, 4) is 17.1 Å². The maximum Gasteiger partial charge on any atom is 0.170 e. The first-order chi connectivity index (χ1) is 11.9. The zero-order valence-electron chi connectivity index (χ0n) is 12.9. The summed E-state index contributed by atoms with van der Waals surface area (Å²) in [5, 5.41) is 7.66. The molecule has 3 heterocycles. The summed E-state index contributed by atoms with van der Waals surface area (Å²) in [5.74, 6) is 1.55. The highest BCUT2D eigenvalue weighted by Gasteiger charge is 2.24. The van der Waals surface area contributed by atoms with E-state index in [1.54, 1.807) is 11.3 Å². The van der Waals surface area contributed by atoms with Crippen LogP contribution in [-0.4, -0.2) is 25.6 Å². The van der Waals surface area contributed by atoms with Crippen LogP contribution in [0.4, 0.5) is 5.82 Å². The van der Waals surface area contributed by atoms with Crippen molar-refractivity contribution in [2.75, 3.05) is 5.32 Å². The van der Waals surface area contributed by atoms with Crippen LogP contribution in [0, 0.1) is 0 Å². The molecule has 5 rings (SSSR count). The molecular weight excluding hydrogens is 318 g/mol. The van der Waals surface area contributed by atoms with Crippen molar-refractivity contribution in [1.29, 1.82) is 0 Å². The lowest BCUT2D eigenvalue weighted by molar-refractivity contribution is 1.06. The van der Waals surface area contributed by atoms with Crippen LogP contribution in [0.15, 0.2) is 53.5 Å². The summed E-state index contributed by atoms with van der Waals surface area (Å²) in [4.78, 5) is 14.1. The Morgan fingerprint density at radius 1 is 1.08 bits per heavy atom. The largest absolute Gasteiger partial charge is 0.365 e. The number of anilines is 1. The van der Waals surface area contributed by atoms with Gasteiger partial charge in [-0.1, -0.05) is 30.3 Å². The number of hydrogen-bond acceptors (Lipinski definition) is 5. The highest BCUT2D eigenvalue weighted by molar-refractivity contribution is 7.08. The molecule has 1 aliphatic carbocycles. The number of nitrogens with zero attached hydrogens (tertiary/aromatic N) is 4. The minimum Gasteiger partial charge on any atom is -0.365 e.